The van der Waals surface area contributed by atoms with E-state index in [1.165, 1.54) is 0 Å². The van der Waals surface area contributed by atoms with Crippen LogP contribution in [0.3, 0.4) is 0 Å². The molecule has 102 valence electrons. The third-order valence-electron chi connectivity index (χ3n) is 3.24. The minimum Gasteiger partial charge on any atom is -0.345 e. The van der Waals surface area contributed by atoms with Crippen LogP contribution >= 0.6 is 28.3 Å². The monoisotopic (exact) mass is 334 g/mol. The summed E-state index contributed by atoms with van der Waals surface area (Å²) in [6, 6.07) is 7.39. The minimum absolute atomic E-state index is 0. The Balaban J connectivity index is 0.00000289. The van der Waals surface area contributed by atoms with Gasteiger partial charge in [0.2, 0.25) is 0 Å². The van der Waals surface area contributed by atoms with Gasteiger partial charge in [-0.15, -0.1) is 12.4 Å². The summed E-state index contributed by atoms with van der Waals surface area (Å²) in [6.45, 7) is 4.53. The fourth-order valence-electron chi connectivity index (χ4n) is 1.72. The zero-order valence-corrected chi connectivity index (χ0v) is 13.1. The van der Waals surface area contributed by atoms with Crippen LogP contribution in [0.1, 0.15) is 37.0 Å². The van der Waals surface area contributed by atoms with Gasteiger partial charge in [-0.25, -0.2) is 0 Å². The van der Waals surface area contributed by atoms with Crippen molar-refractivity contribution in [2.45, 2.75) is 32.2 Å². The van der Waals surface area contributed by atoms with Gasteiger partial charge in [0.1, 0.15) is 0 Å². The Morgan fingerprint density at radius 3 is 2.33 bits per heavy atom. The van der Waals surface area contributed by atoms with Crippen molar-refractivity contribution in [1.29, 1.82) is 0 Å². The van der Waals surface area contributed by atoms with Gasteiger partial charge in [-0.1, -0.05) is 26.0 Å². The smallest absolute Gasteiger partial charge is 0.252 e. The van der Waals surface area contributed by atoms with Gasteiger partial charge >= 0.3 is 0 Å². The summed E-state index contributed by atoms with van der Waals surface area (Å²) < 4.78 is 0.802. The molecule has 0 heterocycles. The molecular weight excluding hydrogens is 316 g/mol. The van der Waals surface area contributed by atoms with Gasteiger partial charge in [0, 0.05) is 11.0 Å². The highest BCUT2D eigenvalue weighted by Crippen LogP contribution is 2.19. The molecule has 3 nitrogen and oxygen atoms in total. The molecule has 0 unspecified atom stereocenters. The van der Waals surface area contributed by atoms with Crippen LogP contribution in [0.15, 0.2) is 28.7 Å². The maximum Gasteiger partial charge on any atom is 0.252 e. The number of amides is 1. The number of carbonyl (C=O) groups excluding carboxylic acids is 1. The number of hydrogen-bond acceptors (Lipinski definition) is 2. The highest BCUT2D eigenvalue weighted by Gasteiger charge is 2.27. The van der Waals surface area contributed by atoms with E-state index in [0.717, 1.165) is 17.3 Å². The first-order valence-corrected chi connectivity index (χ1v) is 6.65. The molecule has 0 aliphatic heterocycles. The highest BCUT2D eigenvalue weighted by molar-refractivity contribution is 9.10. The van der Waals surface area contributed by atoms with Crippen molar-refractivity contribution in [3.63, 3.8) is 0 Å². The van der Waals surface area contributed by atoms with Crippen molar-refractivity contribution in [3.8, 4) is 0 Å². The van der Waals surface area contributed by atoms with Crippen molar-refractivity contribution in [2.24, 2.45) is 5.73 Å². The molecule has 0 atom stereocenters. The molecule has 1 amide bonds. The molecule has 0 saturated heterocycles. The summed E-state index contributed by atoms with van der Waals surface area (Å²) in [4.78, 5) is 12.2. The average Bonchev–Trinajstić information content (AvgIpc) is 2.36. The Morgan fingerprint density at radius 1 is 1.33 bits per heavy atom. The van der Waals surface area contributed by atoms with Crippen LogP contribution in [-0.2, 0) is 0 Å². The van der Waals surface area contributed by atoms with Crippen molar-refractivity contribution in [3.05, 3.63) is 34.3 Å². The second kappa shape index (κ2) is 7.77. The number of halogens is 2. The molecule has 0 aliphatic rings. The maximum absolute atomic E-state index is 12.2. The topological polar surface area (TPSA) is 55.1 Å². The maximum atomic E-state index is 12.2. The third-order valence-corrected chi connectivity index (χ3v) is 3.93. The lowest BCUT2D eigenvalue weighted by Crippen LogP contribution is -2.52. The summed E-state index contributed by atoms with van der Waals surface area (Å²) in [6.07, 6.45) is 1.66. The molecule has 0 bridgehead atoms. The lowest BCUT2D eigenvalue weighted by atomic mass is 9.92. The van der Waals surface area contributed by atoms with Gasteiger partial charge in [0.25, 0.3) is 5.91 Å². The number of nitrogens with one attached hydrogen (secondary N) is 1. The predicted molar refractivity (Wildman–Crippen MR) is 81.2 cm³/mol. The fraction of sp³-hybridized carbons (Fsp3) is 0.462. The molecule has 1 aromatic carbocycles. The van der Waals surface area contributed by atoms with Crippen LogP contribution < -0.4 is 11.1 Å². The molecule has 0 saturated carbocycles. The van der Waals surface area contributed by atoms with E-state index >= 15 is 0 Å². The first-order chi connectivity index (χ1) is 8.08. The second-order valence-electron chi connectivity index (χ2n) is 4.13. The van der Waals surface area contributed by atoms with E-state index in [9.17, 15) is 4.79 Å². The summed E-state index contributed by atoms with van der Waals surface area (Å²) in [7, 11) is 0. The molecular formula is C13H20BrClN2O. The molecule has 18 heavy (non-hydrogen) atoms. The van der Waals surface area contributed by atoms with Gasteiger partial charge < -0.3 is 11.1 Å². The number of nitrogens with two attached hydrogens (primary N) is 1. The summed E-state index contributed by atoms with van der Waals surface area (Å²) >= 11 is 3.38. The zero-order chi connectivity index (χ0) is 12.9. The second-order valence-corrected chi connectivity index (χ2v) is 4.98. The van der Waals surface area contributed by atoms with Crippen LogP contribution in [-0.4, -0.2) is 18.0 Å². The average molecular weight is 336 g/mol. The van der Waals surface area contributed by atoms with Crippen molar-refractivity contribution >= 4 is 34.2 Å². The summed E-state index contributed by atoms with van der Waals surface area (Å²) in [5.41, 5.74) is 6.11. The number of hydrogen-bond donors (Lipinski definition) is 2. The Kier molecular flexibility index (Phi) is 7.52. The van der Waals surface area contributed by atoms with Crippen LogP contribution in [0.5, 0.6) is 0 Å². The van der Waals surface area contributed by atoms with E-state index in [1.54, 1.807) is 6.07 Å². The van der Waals surface area contributed by atoms with Crippen LogP contribution in [0, 0.1) is 0 Å². The largest absolute Gasteiger partial charge is 0.345 e. The fourth-order valence-corrected chi connectivity index (χ4v) is 2.18. The van der Waals surface area contributed by atoms with Gasteiger partial charge in [-0.05, 0) is 40.9 Å². The van der Waals surface area contributed by atoms with Gasteiger partial charge in [0.05, 0.1) is 11.1 Å². The lowest BCUT2D eigenvalue weighted by molar-refractivity contribution is 0.0894. The zero-order valence-electron chi connectivity index (χ0n) is 10.7. The Labute approximate surface area is 123 Å². The lowest BCUT2D eigenvalue weighted by Gasteiger charge is -2.31. The van der Waals surface area contributed by atoms with Gasteiger partial charge in [-0.2, -0.15) is 0 Å². The first-order valence-electron chi connectivity index (χ1n) is 5.85. The Morgan fingerprint density at radius 2 is 1.89 bits per heavy atom. The van der Waals surface area contributed by atoms with Crippen LogP contribution in [0.25, 0.3) is 0 Å². The molecule has 0 fully saturated rings. The Hall–Kier alpha value is -0.580. The van der Waals surface area contributed by atoms with E-state index in [-0.39, 0.29) is 23.9 Å². The number of rotatable bonds is 5. The van der Waals surface area contributed by atoms with E-state index in [2.05, 4.69) is 21.2 Å². The molecule has 1 rings (SSSR count). The standard InChI is InChI=1S/C13H19BrN2O.ClH/c1-3-13(4-2,9-15)16-12(17)10-7-5-6-8-11(10)14;/h5-8H,3-4,9,15H2,1-2H3,(H,16,17);1H. The molecule has 0 spiro atoms. The molecule has 3 N–H and O–H groups in total. The van der Waals surface area contributed by atoms with E-state index < -0.39 is 0 Å². The van der Waals surface area contributed by atoms with Crippen LogP contribution in [0.4, 0.5) is 0 Å². The molecule has 1 aromatic rings. The summed E-state index contributed by atoms with van der Waals surface area (Å²) in [5, 5.41) is 3.04. The highest BCUT2D eigenvalue weighted by atomic mass is 79.9. The van der Waals surface area contributed by atoms with Crippen LogP contribution in [0.2, 0.25) is 0 Å². The molecule has 5 heteroatoms. The quantitative estimate of drug-likeness (QED) is 0.868. The van der Waals surface area contributed by atoms with E-state index in [1.807, 2.05) is 32.0 Å². The third kappa shape index (κ3) is 3.97. The minimum atomic E-state index is -0.299. The normalized spacial score (nSPS) is 10.7. The molecule has 0 aliphatic carbocycles. The van der Waals surface area contributed by atoms with E-state index in [4.69, 9.17) is 5.73 Å². The van der Waals surface area contributed by atoms with Crippen molar-refractivity contribution < 1.29 is 4.79 Å². The van der Waals surface area contributed by atoms with Gasteiger partial charge in [0.15, 0.2) is 0 Å². The number of carbonyl (C=O) groups is 1. The SMILES string of the molecule is CCC(CC)(CN)NC(=O)c1ccccc1Br.Cl. The van der Waals surface area contributed by atoms with Crippen molar-refractivity contribution in [1.82, 2.24) is 5.32 Å². The van der Waals surface area contributed by atoms with Gasteiger partial charge in [-0.3, -0.25) is 4.79 Å². The summed E-state index contributed by atoms with van der Waals surface area (Å²) in [5.74, 6) is -0.0772. The first kappa shape index (κ1) is 17.4. The van der Waals surface area contributed by atoms with Crippen molar-refractivity contribution in [2.75, 3.05) is 6.54 Å². The Bertz CT molecular complexity index is 386. The number of benzene rings is 1. The van der Waals surface area contributed by atoms with E-state index in [0.29, 0.717) is 12.1 Å². The molecule has 0 radical (unpaired) electrons. The molecule has 0 aromatic heterocycles. The predicted octanol–water partition coefficient (Wildman–Crippen LogP) is 3.12.